The highest BCUT2D eigenvalue weighted by Gasteiger charge is 2.30. The summed E-state index contributed by atoms with van der Waals surface area (Å²) in [5.74, 6) is 1.12. The molecule has 2 aromatic carbocycles. The van der Waals surface area contributed by atoms with Crippen molar-refractivity contribution in [1.29, 1.82) is 0 Å². The van der Waals surface area contributed by atoms with Crippen molar-refractivity contribution in [3.63, 3.8) is 0 Å². The molecule has 0 bridgehead atoms. The minimum atomic E-state index is 0.0354. The Labute approximate surface area is 171 Å². The summed E-state index contributed by atoms with van der Waals surface area (Å²) in [7, 11) is 0. The summed E-state index contributed by atoms with van der Waals surface area (Å²) in [4.78, 5) is 14.2. The van der Waals surface area contributed by atoms with Crippen molar-refractivity contribution >= 4 is 5.91 Å². The third-order valence-electron chi connectivity index (χ3n) is 5.51. The second-order valence-corrected chi connectivity index (χ2v) is 7.45. The maximum Gasteiger partial charge on any atom is 0.221 e. The molecule has 1 aliphatic rings. The Morgan fingerprint density at radius 1 is 1.10 bits per heavy atom. The Hall–Kier alpha value is -2.92. The predicted molar refractivity (Wildman–Crippen MR) is 113 cm³/mol. The lowest BCUT2D eigenvalue weighted by atomic mass is 9.85. The minimum Gasteiger partial charge on any atom is -0.361 e. The van der Waals surface area contributed by atoms with Crippen LogP contribution in [0.4, 0.5) is 0 Å². The van der Waals surface area contributed by atoms with Gasteiger partial charge in [-0.2, -0.15) is 0 Å². The molecule has 0 spiro atoms. The van der Waals surface area contributed by atoms with Gasteiger partial charge in [0, 0.05) is 44.6 Å². The number of benzene rings is 2. The lowest BCUT2D eigenvalue weighted by Crippen LogP contribution is -2.34. The number of hydrogen-bond donors (Lipinski definition) is 1. The number of nitrogens with one attached hydrogen (secondary N) is 1. The monoisotopic (exact) mass is 389 g/mol. The Balaban J connectivity index is 1.62. The smallest absolute Gasteiger partial charge is 0.221 e. The molecule has 1 aliphatic heterocycles. The van der Waals surface area contributed by atoms with Gasteiger partial charge >= 0.3 is 0 Å². The first-order valence-electron chi connectivity index (χ1n) is 10.3. The third-order valence-corrected chi connectivity index (χ3v) is 5.51. The van der Waals surface area contributed by atoms with Crippen LogP contribution in [-0.4, -0.2) is 35.6 Å². The molecule has 0 radical (unpaired) electrons. The fraction of sp³-hybridized carbons (Fsp3) is 0.333. The fourth-order valence-corrected chi connectivity index (χ4v) is 4.05. The molecule has 0 fully saturated rings. The lowest BCUT2D eigenvalue weighted by molar-refractivity contribution is -0.121. The van der Waals surface area contributed by atoms with Crippen LogP contribution in [0.5, 0.6) is 0 Å². The van der Waals surface area contributed by atoms with Gasteiger partial charge in [-0.25, -0.2) is 0 Å². The molecular weight excluding hydrogens is 362 g/mol. The van der Waals surface area contributed by atoms with Gasteiger partial charge in [0.15, 0.2) is 0 Å². The highest BCUT2D eigenvalue weighted by Crippen LogP contribution is 2.36. The molecule has 0 atom stereocenters. The molecule has 150 valence electrons. The number of amides is 1. The number of carbonyl (C=O) groups is 1. The number of carbonyl (C=O) groups excluding carboxylic acids is 1. The molecule has 3 aromatic rings. The zero-order valence-electron chi connectivity index (χ0n) is 16.8. The highest BCUT2D eigenvalue weighted by molar-refractivity contribution is 5.75. The van der Waals surface area contributed by atoms with Gasteiger partial charge < -0.3 is 9.84 Å². The summed E-state index contributed by atoms with van der Waals surface area (Å²) in [6.45, 7) is 5.03. The largest absolute Gasteiger partial charge is 0.361 e. The number of fused-ring (bicyclic) bond motifs is 1. The van der Waals surface area contributed by atoms with Crippen LogP contribution in [-0.2, 0) is 17.8 Å². The van der Waals surface area contributed by atoms with E-state index in [-0.39, 0.29) is 11.8 Å². The highest BCUT2D eigenvalue weighted by atomic mass is 16.5. The summed E-state index contributed by atoms with van der Waals surface area (Å²) >= 11 is 0. The van der Waals surface area contributed by atoms with E-state index in [1.807, 2.05) is 19.1 Å². The Morgan fingerprint density at radius 3 is 2.38 bits per heavy atom. The molecule has 1 amide bonds. The number of rotatable bonds is 7. The van der Waals surface area contributed by atoms with E-state index in [9.17, 15) is 4.79 Å². The Morgan fingerprint density at radius 2 is 1.76 bits per heavy atom. The number of hydrogen-bond acceptors (Lipinski definition) is 4. The van der Waals surface area contributed by atoms with Crippen LogP contribution >= 0.6 is 0 Å². The molecular formula is C24H27N3O2. The van der Waals surface area contributed by atoms with Gasteiger partial charge in [-0.15, -0.1) is 0 Å². The van der Waals surface area contributed by atoms with E-state index in [0.29, 0.717) is 13.0 Å². The van der Waals surface area contributed by atoms with Crippen molar-refractivity contribution < 1.29 is 9.32 Å². The molecule has 29 heavy (non-hydrogen) atoms. The van der Waals surface area contributed by atoms with Crippen LogP contribution in [0.25, 0.3) is 0 Å². The second-order valence-electron chi connectivity index (χ2n) is 7.45. The van der Waals surface area contributed by atoms with Gasteiger partial charge in [0.05, 0.1) is 5.92 Å². The molecule has 1 aromatic heterocycles. The van der Waals surface area contributed by atoms with Crippen LogP contribution in [0.3, 0.4) is 0 Å². The van der Waals surface area contributed by atoms with Gasteiger partial charge in [-0.1, -0.05) is 65.8 Å². The first-order chi connectivity index (χ1) is 14.3. The van der Waals surface area contributed by atoms with Crippen molar-refractivity contribution in [2.75, 3.05) is 19.6 Å². The first kappa shape index (κ1) is 19.4. The van der Waals surface area contributed by atoms with Crippen LogP contribution in [0, 0.1) is 0 Å². The van der Waals surface area contributed by atoms with E-state index in [1.54, 1.807) is 0 Å². The van der Waals surface area contributed by atoms with Gasteiger partial charge in [0.2, 0.25) is 5.91 Å². The molecule has 0 saturated carbocycles. The Bertz CT molecular complexity index is 898. The second kappa shape index (κ2) is 9.05. The normalized spacial score (nSPS) is 14.0. The zero-order chi connectivity index (χ0) is 20.1. The maximum absolute atomic E-state index is 11.9. The van der Waals surface area contributed by atoms with E-state index >= 15 is 0 Å². The first-order valence-corrected chi connectivity index (χ1v) is 10.3. The molecule has 0 aliphatic carbocycles. The van der Waals surface area contributed by atoms with Crippen molar-refractivity contribution in [2.24, 2.45) is 0 Å². The van der Waals surface area contributed by atoms with Crippen molar-refractivity contribution in [1.82, 2.24) is 15.4 Å². The Kier molecular flexibility index (Phi) is 6.06. The van der Waals surface area contributed by atoms with Crippen molar-refractivity contribution in [3.05, 3.63) is 88.8 Å². The van der Waals surface area contributed by atoms with Crippen LogP contribution in [0.2, 0.25) is 0 Å². The van der Waals surface area contributed by atoms with E-state index < -0.39 is 0 Å². The molecule has 0 unspecified atom stereocenters. The van der Waals surface area contributed by atoms with Crippen LogP contribution < -0.4 is 5.32 Å². The average Bonchev–Trinajstić information content (AvgIpc) is 3.17. The fourth-order valence-electron chi connectivity index (χ4n) is 4.05. The quantitative estimate of drug-likeness (QED) is 0.669. The lowest BCUT2D eigenvalue weighted by Gasteiger charge is -2.27. The molecule has 2 heterocycles. The summed E-state index contributed by atoms with van der Waals surface area (Å²) < 4.78 is 5.77. The third kappa shape index (κ3) is 4.40. The number of aromatic nitrogens is 1. The average molecular weight is 389 g/mol. The van der Waals surface area contributed by atoms with E-state index in [0.717, 1.165) is 37.5 Å². The van der Waals surface area contributed by atoms with Gasteiger partial charge in [0.25, 0.3) is 0 Å². The van der Waals surface area contributed by atoms with Gasteiger partial charge in [-0.05, 0) is 18.1 Å². The predicted octanol–water partition coefficient (Wildman–Crippen LogP) is 3.74. The van der Waals surface area contributed by atoms with Gasteiger partial charge in [0.1, 0.15) is 11.5 Å². The molecule has 1 N–H and O–H groups in total. The topological polar surface area (TPSA) is 58.4 Å². The molecule has 4 rings (SSSR count). The van der Waals surface area contributed by atoms with E-state index in [4.69, 9.17) is 4.52 Å². The zero-order valence-corrected chi connectivity index (χ0v) is 16.8. The summed E-state index contributed by atoms with van der Waals surface area (Å²) in [5.41, 5.74) is 4.56. The van der Waals surface area contributed by atoms with Crippen LogP contribution in [0.15, 0.2) is 65.2 Å². The summed E-state index contributed by atoms with van der Waals surface area (Å²) in [5, 5.41) is 7.40. The van der Waals surface area contributed by atoms with Crippen molar-refractivity contribution in [2.45, 2.75) is 32.2 Å². The summed E-state index contributed by atoms with van der Waals surface area (Å²) in [6.07, 6.45) is 1.35. The number of nitrogens with zero attached hydrogens (tertiary/aromatic N) is 2. The van der Waals surface area contributed by atoms with E-state index in [2.05, 4.69) is 63.9 Å². The van der Waals surface area contributed by atoms with Crippen molar-refractivity contribution in [3.8, 4) is 0 Å². The maximum atomic E-state index is 11.9. The SMILES string of the molecule is CCNC(=O)CCN1CCc2onc(C(c3ccccc3)c3ccccc3)c2C1. The molecule has 0 saturated heterocycles. The van der Waals surface area contributed by atoms with E-state index in [1.165, 1.54) is 16.7 Å². The minimum absolute atomic E-state index is 0.0354. The van der Waals surface area contributed by atoms with Crippen LogP contribution in [0.1, 0.15) is 47.4 Å². The summed E-state index contributed by atoms with van der Waals surface area (Å²) in [6, 6.07) is 20.9. The van der Waals surface area contributed by atoms with Gasteiger partial charge in [-0.3, -0.25) is 9.69 Å². The molecule has 5 heteroatoms. The molecule has 5 nitrogen and oxygen atoms in total. The standard InChI is InChI=1S/C24H27N3O2/c1-2-25-22(28)14-16-27-15-13-21-20(17-27)24(26-29-21)23(18-9-5-3-6-10-18)19-11-7-4-8-12-19/h3-12,23H,2,13-17H2,1H3,(H,25,28).